The van der Waals surface area contributed by atoms with E-state index in [2.05, 4.69) is 15.6 Å². The highest BCUT2D eigenvalue weighted by molar-refractivity contribution is 7.80. The fourth-order valence-corrected chi connectivity index (χ4v) is 3.49. The lowest BCUT2D eigenvalue weighted by Crippen LogP contribution is -2.31. The van der Waals surface area contributed by atoms with Crippen LogP contribution in [0.3, 0.4) is 0 Å². The average Bonchev–Trinajstić information content (AvgIpc) is 2.93. The minimum absolute atomic E-state index is 0.0635. The van der Waals surface area contributed by atoms with Gasteiger partial charge in [-0.3, -0.25) is 0 Å². The summed E-state index contributed by atoms with van der Waals surface area (Å²) in [5.41, 5.74) is 1.07. The van der Waals surface area contributed by atoms with Gasteiger partial charge in [0.2, 0.25) is 0 Å². The van der Waals surface area contributed by atoms with Crippen molar-refractivity contribution >= 4 is 55.6 Å². The number of nitrogens with one attached hydrogen (secondary N) is 2. The van der Waals surface area contributed by atoms with Gasteiger partial charge in [0.15, 0.2) is 10.2 Å². The molecular weight excluding hydrogens is 372 g/mol. The molecule has 3 rings (SSSR count). The molecule has 1 heterocycles. The Kier molecular flexibility index (Phi) is 5.23. The van der Waals surface area contributed by atoms with Crippen molar-refractivity contribution in [2.24, 2.45) is 0 Å². The molecule has 24 heavy (non-hydrogen) atoms. The van der Waals surface area contributed by atoms with Gasteiger partial charge >= 0.3 is 0 Å². The lowest BCUT2D eigenvalue weighted by Gasteiger charge is -2.12. The molecule has 124 valence electrons. The summed E-state index contributed by atoms with van der Waals surface area (Å²) in [6.07, 6.45) is -1.37. The van der Waals surface area contributed by atoms with Crippen LogP contribution in [0.1, 0.15) is 11.7 Å². The predicted octanol–water partition coefficient (Wildman–Crippen LogP) is 5.09. The van der Waals surface area contributed by atoms with Crippen molar-refractivity contribution in [3.05, 3.63) is 58.9 Å². The third kappa shape index (κ3) is 4.17. The summed E-state index contributed by atoms with van der Waals surface area (Å²) < 4.78 is 28.1. The number of anilines is 1. The van der Waals surface area contributed by atoms with Gasteiger partial charge in [0.25, 0.3) is 0 Å². The molecule has 0 bridgehead atoms. The fraction of sp³-hybridized carbons (Fsp3) is 0.125. The van der Waals surface area contributed by atoms with E-state index < -0.39 is 12.0 Å². The number of hydrogen-bond donors (Lipinski definition) is 2. The Morgan fingerprint density at radius 3 is 2.92 bits per heavy atom. The molecule has 0 aliphatic heterocycles. The molecule has 0 saturated carbocycles. The lowest BCUT2D eigenvalue weighted by molar-refractivity contribution is 0.342. The number of thiocarbonyl (C=S) groups is 1. The van der Waals surface area contributed by atoms with E-state index in [0.717, 1.165) is 10.2 Å². The molecule has 0 aliphatic rings. The first kappa shape index (κ1) is 17.0. The summed E-state index contributed by atoms with van der Waals surface area (Å²) in [6.45, 7) is -0.0635. The van der Waals surface area contributed by atoms with Gasteiger partial charge in [-0.15, -0.1) is 0 Å². The van der Waals surface area contributed by atoms with Gasteiger partial charge in [0, 0.05) is 5.02 Å². The summed E-state index contributed by atoms with van der Waals surface area (Å²) in [7, 11) is 0. The van der Waals surface area contributed by atoms with Crippen molar-refractivity contribution in [1.82, 2.24) is 10.3 Å². The van der Waals surface area contributed by atoms with Crippen molar-refractivity contribution in [2.45, 2.75) is 6.17 Å². The van der Waals surface area contributed by atoms with Crippen molar-refractivity contribution in [1.29, 1.82) is 0 Å². The number of alkyl halides is 1. The van der Waals surface area contributed by atoms with Crippen LogP contribution in [0.2, 0.25) is 5.02 Å². The zero-order valence-electron chi connectivity index (χ0n) is 12.2. The van der Waals surface area contributed by atoms with Gasteiger partial charge in [-0.1, -0.05) is 35.1 Å². The van der Waals surface area contributed by atoms with Crippen molar-refractivity contribution in [2.75, 3.05) is 11.9 Å². The zero-order valence-corrected chi connectivity index (χ0v) is 14.6. The second-order valence-electron chi connectivity index (χ2n) is 4.99. The molecular formula is C16H12ClF2N3S2. The van der Waals surface area contributed by atoms with Crippen molar-refractivity contribution < 1.29 is 8.78 Å². The van der Waals surface area contributed by atoms with Crippen LogP contribution in [0.25, 0.3) is 10.2 Å². The van der Waals surface area contributed by atoms with Gasteiger partial charge in [-0.25, -0.2) is 13.8 Å². The SMILES string of the molecule is Fc1cccc(C(F)CNC(=S)Nc2nc3ccc(Cl)cc3s2)c1. The van der Waals surface area contributed by atoms with E-state index in [1.54, 1.807) is 6.07 Å². The van der Waals surface area contributed by atoms with E-state index in [1.807, 2.05) is 12.1 Å². The largest absolute Gasteiger partial charge is 0.359 e. The first-order valence-electron chi connectivity index (χ1n) is 7.02. The molecule has 0 fully saturated rings. The van der Waals surface area contributed by atoms with Crippen LogP contribution in [-0.4, -0.2) is 16.6 Å². The molecule has 8 heteroatoms. The van der Waals surface area contributed by atoms with E-state index in [0.29, 0.717) is 10.2 Å². The molecule has 2 aromatic carbocycles. The standard InChI is InChI=1S/C16H12ClF2N3S2/c17-10-4-5-13-14(7-10)24-16(21-13)22-15(23)20-8-12(19)9-2-1-3-11(18)6-9/h1-7,12H,8H2,(H2,20,21,22,23). The average molecular weight is 384 g/mol. The Bertz CT molecular complexity index is 885. The highest BCUT2D eigenvalue weighted by Gasteiger charge is 2.12. The Morgan fingerprint density at radius 2 is 2.12 bits per heavy atom. The Morgan fingerprint density at radius 1 is 1.29 bits per heavy atom. The van der Waals surface area contributed by atoms with Crippen molar-refractivity contribution in [3.63, 3.8) is 0 Å². The highest BCUT2D eigenvalue weighted by atomic mass is 35.5. The van der Waals surface area contributed by atoms with Crippen molar-refractivity contribution in [3.8, 4) is 0 Å². The van der Waals surface area contributed by atoms with Gasteiger partial charge in [0.1, 0.15) is 12.0 Å². The van der Waals surface area contributed by atoms with Crippen LogP contribution < -0.4 is 10.6 Å². The Hall–Kier alpha value is -1.83. The maximum atomic E-state index is 14.1. The molecule has 1 atom stereocenters. The van der Waals surface area contributed by atoms with E-state index >= 15 is 0 Å². The second kappa shape index (κ2) is 7.38. The van der Waals surface area contributed by atoms with Gasteiger partial charge in [-0.2, -0.15) is 0 Å². The van der Waals surface area contributed by atoms with Crippen LogP contribution in [-0.2, 0) is 0 Å². The molecule has 1 unspecified atom stereocenters. The molecule has 0 saturated heterocycles. The minimum atomic E-state index is -1.37. The molecule has 0 aliphatic carbocycles. The normalized spacial score (nSPS) is 12.1. The monoisotopic (exact) mass is 383 g/mol. The van der Waals surface area contributed by atoms with Crippen LogP contribution in [0.5, 0.6) is 0 Å². The van der Waals surface area contributed by atoms with Gasteiger partial charge < -0.3 is 10.6 Å². The van der Waals surface area contributed by atoms with E-state index in [-0.39, 0.29) is 17.2 Å². The molecule has 0 radical (unpaired) electrons. The van der Waals surface area contributed by atoms with Crippen LogP contribution in [0, 0.1) is 5.82 Å². The summed E-state index contributed by atoms with van der Waals surface area (Å²) >= 11 is 12.5. The number of rotatable bonds is 4. The number of thiazole rings is 1. The number of hydrogen-bond acceptors (Lipinski definition) is 3. The van der Waals surface area contributed by atoms with Gasteiger partial charge in [-0.05, 0) is 48.1 Å². The minimum Gasteiger partial charge on any atom is -0.359 e. The lowest BCUT2D eigenvalue weighted by atomic mass is 10.1. The Balaban J connectivity index is 1.58. The molecule has 3 nitrogen and oxygen atoms in total. The molecule has 3 aromatic rings. The summed E-state index contributed by atoms with van der Waals surface area (Å²) in [4.78, 5) is 4.37. The molecule has 2 N–H and O–H groups in total. The quantitative estimate of drug-likeness (QED) is 0.615. The smallest absolute Gasteiger partial charge is 0.190 e. The number of fused-ring (bicyclic) bond motifs is 1. The maximum absolute atomic E-state index is 14.1. The molecule has 0 amide bonds. The molecule has 0 spiro atoms. The first-order valence-corrected chi connectivity index (χ1v) is 8.62. The molecule has 1 aromatic heterocycles. The van der Waals surface area contributed by atoms with Crippen LogP contribution in [0.4, 0.5) is 13.9 Å². The van der Waals surface area contributed by atoms with Crippen LogP contribution in [0.15, 0.2) is 42.5 Å². The second-order valence-corrected chi connectivity index (χ2v) is 6.86. The summed E-state index contributed by atoms with van der Waals surface area (Å²) in [5.74, 6) is -0.469. The highest BCUT2D eigenvalue weighted by Crippen LogP contribution is 2.28. The number of nitrogens with zero attached hydrogens (tertiary/aromatic N) is 1. The topological polar surface area (TPSA) is 37.0 Å². The first-order chi connectivity index (χ1) is 11.5. The summed E-state index contributed by atoms with van der Waals surface area (Å²) in [5, 5.41) is 7.15. The fourth-order valence-electron chi connectivity index (χ4n) is 2.09. The van der Waals surface area contributed by atoms with Crippen LogP contribution >= 0.6 is 35.2 Å². The number of halogens is 3. The third-order valence-electron chi connectivity index (χ3n) is 3.22. The number of aromatic nitrogens is 1. The predicted molar refractivity (Wildman–Crippen MR) is 99.1 cm³/mol. The zero-order chi connectivity index (χ0) is 17.1. The maximum Gasteiger partial charge on any atom is 0.190 e. The summed E-state index contributed by atoms with van der Waals surface area (Å²) in [6, 6.07) is 10.8. The third-order valence-corrected chi connectivity index (χ3v) is 4.64. The van der Waals surface area contributed by atoms with E-state index in [9.17, 15) is 8.78 Å². The number of benzene rings is 2. The van der Waals surface area contributed by atoms with E-state index in [1.165, 1.54) is 35.6 Å². The van der Waals surface area contributed by atoms with Gasteiger partial charge in [0.05, 0.1) is 16.8 Å². The van der Waals surface area contributed by atoms with E-state index in [4.69, 9.17) is 23.8 Å². The Labute approximate surface area is 151 Å².